The number of nitrogens with one attached hydrogen (secondary N) is 2. The molecule has 4 N–H and O–H groups in total. The Kier molecular flexibility index (Phi) is 5.41. The Morgan fingerprint density at radius 1 is 1.13 bits per heavy atom. The number of fused-ring (bicyclic) bond motifs is 1. The molecule has 0 bridgehead atoms. The van der Waals surface area contributed by atoms with Crippen LogP contribution in [0.15, 0.2) is 79.6 Å². The van der Waals surface area contributed by atoms with Gasteiger partial charge in [-0.15, -0.1) is 0 Å². The van der Waals surface area contributed by atoms with Gasteiger partial charge in [0, 0.05) is 36.3 Å². The van der Waals surface area contributed by atoms with Crippen LogP contribution in [0.4, 0.5) is 0 Å². The van der Waals surface area contributed by atoms with Crippen LogP contribution < -0.4 is 11.1 Å². The molecule has 2 aromatic carbocycles. The van der Waals surface area contributed by atoms with E-state index < -0.39 is 6.04 Å². The second-order valence-electron chi connectivity index (χ2n) is 7.44. The van der Waals surface area contributed by atoms with E-state index in [1.54, 1.807) is 4.68 Å². The van der Waals surface area contributed by atoms with E-state index in [0.717, 1.165) is 27.7 Å². The van der Waals surface area contributed by atoms with Crippen molar-refractivity contribution in [1.29, 1.82) is 0 Å². The molecule has 0 aliphatic carbocycles. The maximum Gasteiger partial charge on any atom is 0.200 e. The van der Waals surface area contributed by atoms with E-state index in [-0.39, 0.29) is 11.5 Å². The molecule has 2 heterocycles. The van der Waals surface area contributed by atoms with Gasteiger partial charge >= 0.3 is 0 Å². The highest BCUT2D eigenvalue weighted by Gasteiger charge is 2.24. The summed E-state index contributed by atoms with van der Waals surface area (Å²) in [5.41, 5.74) is 10.4. The predicted molar refractivity (Wildman–Crippen MR) is 123 cm³/mol. The van der Waals surface area contributed by atoms with E-state index in [9.17, 15) is 4.79 Å². The number of H-pyrrole nitrogens is 1. The second kappa shape index (κ2) is 8.31. The molecular weight excluding hydrogens is 388 g/mol. The summed E-state index contributed by atoms with van der Waals surface area (Å²) < 4.78 is 1.71. The van der Waals surface area contributed by atoms with Gasteiger partial charge in [0.15, 0.2) is 5.78 Å². The van der Waals surface area contributed by atoms with Crippen molar-refractivity contribution < 1.29 is 4.79 Å². The lowest BCUT2D eigenvalue weighted by Crippen LogP contribution is -2.39. The summed E-state index contributed by atoms with van der Waals surface area (Å²) in [5, 5.41) is 16.3. The summed E-state index contributed by atoms with van der Waals surface area (Å²) in [4.78, 5) is 12.7. The number of Topliss-reactive ketones (excluding diaryl/α,β-unsaturated/α-hetero) is 1. The van der Waals surface area contributed by atoms with Crippen LogP contribution in [0, 0.1) is 0 Å². The number of carbonyl (C=O) groups excluding carboxylic acids is 1. The van der Waals surface area contributed by atoms with Crippen LogP contribution in [0.25, 0.3) is 28.0 Å². The summed E-state index contributed by atoms with van der Waals surface area (Å²) >= 11 is 0. The van der Waals surface area contributed by atoms with Crippen LogP contribution in [0.5, 0.6) is 0 Å². The third-order valence-electron chi connectivity index (χ3n) is 5.11. The van der Waals surface area contributed by atoms with Gasteiger partial charge in [0.05, 0.1) is 17.3 Å². The van der Waals surface area contributed by atoms with Crippen LogP contribution in [-0.2, 0) is 18.3 Å². The van der Waals surface area contributed by atoms with Crippen molar-refractivity contribution in [2.24, 2.45) is 12.8 Å². The number of rotatable bonds is 8. The normalized spacial score (nSPS) is 11.9. The second-order valence-corrected chi connectivity index (χ2v) is 7.44. The van der Waals surface area contributed by atoms with Gasteiger partial charge in [-0.3, -0.25) is 14.6 Å². The van der Waals surface area contributed by atoms with Crippen molar-refractivity contribution in [2.75, 3.05) is 0 Å². The minimum atomic E-state index is -0.601. The third kappa shape index (κ3) is 4.11. The Hall–Kier alpha value is -4.13. The van der Waals surface area contributed by atoms with Crippen molar-refractivity contribution in [1.82, 2.24) is 25.3 Å². The maximum atomic E-state index is 12.7. The van der Waals surface area contributed by atoms with Crippen LogP contribution >= 0.6 is 0 Å². The van der Waals surface area contributed by atoms with Gasteiger partial charge in [0.25, 0.3) is 0 Å². The fourth-order valence-electron chi connectivity index (χ4n) is 3.60. The minimum absolute atomic E-state index is 0.00550. The molecule has 1 atom stereocenters. The number of hydrogen-bond donors (Lipinski definition) is 3. The zero-order chi connectivity index (χ0) is 22.0. The quantitative estimate of drug-likeness (QED) is 0.386. The van der Waals surface area contributed by atoms with Crippen molar-refractivity contribution in [3.05, 3.63) is 90.8 Å². The molecule has 1 unspecified atom stereocenters. The summed E-state index contributed by atoms with van der Waals surface area (Å²) in [6.07, 6.45) is 2.31. The number of nitrogens with two attached hydrogens (primary N) is 1. The van der Waals surface area contributed by atoms with E-state index >= 15 is 0 Å². The van der Waals surface area contributed by atoms with Gasteiger partial charge in [-0.25, -0.2) is 0 Å². The Morgan fingerprint density at radius 3 is 2.58 bits per heavy atom. The molecule has 0 saturated heterocycles. The molecule has 0 aliphatic heterocycles. The molecule has 7 heteroatoms. The van der Waals surface area contributed by atoms with Gasteiger partial charge in [-0.05, 0) is 11.6 Å². The predicted octanol–water partition coefficient (Wildman–Crippen LogP) is 3.18. The van der Waals surface area contributed by atoms with Gasteiger partial charge in [0.2, 0.25) is 0 Å². The highest BCUT2D eigenvalue weighted by molar-refractivity contribution is 5.99. The molecule has 2 aromatic heterocycles. The highest BCUT2D eigenvalue weighted by atomic mass is 16.1. The smallest absolute Gasteiger partial charge is 0.200 e. The molecule has 31 heavy (non-hydrogen) atoms. The average Bonchev–Trinajstić information content (AvgIpc) is 3.36. The van der Waals surface area contributed by atoms with Gasteiger partial charge in [-0.2, -0.15) is 10.2 Å². The molecule has 0 fully saturated rings. The number of para-hydroxylation sites is 1. The fraction of sp³-hybridized carbons (Fsp3) is 0.125. The summed E-state index contributed by atoms with van der Waals surface area (Å²) in [5.74, 6) is -0.263. The Morgan fingerprint density at radius 2 is 1.84 bits per heavy atom. The van der Waals surface area contributed by atoms with E-state index in [0.29, 0.717) is 17.8 Å². The van der Waals surface area contributed by atoms with Crippen molar-refractivity contribution >= 4 is 22.4 Å². The van der Waals surface area contributed by atoms with Crippen LogP contribution in [-0.4, -0.2) is 31.8 Å². The Labute approximate surface area is 180 Å². The Bertz CT molecular complexity index is 1270. The van der Waals surface area contributed by atoms with E-state index in [1.807, 2.05) is 67.8 Å². The Balaban J connectivity index is 1.67. The third-order valence-corrected chi connectivity index (χ3v) is 5.11. The van der Waals surface area contributed by atoms with Crippen LogP contribution in [0.3, 0.4) is 0 Å². The number of carbonyl (C=O) groups is 1. The van der Waals surface area contributed by atoms with Crippen molar-refractivity contribution in [3.63, 3.8) is 0 Å². The molecular formula is C24H24N6O. The van der Waals surface area contributed by atoms with E-state index in [4.69, 9.17) is 5.73 Å². The van der Waals surface area contributed by atoms with Gasteiger partial charge in [-0.1, -0.05) is 61.7 Å². The first-order valence-corrected chi connectivity index (χ1v) is 9.89. The fourth-order valence-corrected chi connectivity index (χ4v) is 3.60. The van der Waals surface area contributed by atoms with E-state index in [2.05, 4.69) is 33.8 Å². The number of hydrogen-bond acceptors (Lipinski definition) is 5. The SMILES string of the molecule is C=C(N)C(=O)C(Cc1ccccc1)NC(=C)c1cn(C)nc1-c1n[nH]c2ccccc12. The van der Waals surface area contributed by atoms with Gasteiger partial charge in [0.1, 0.15) is 11.4 Å². The van der Waals surface area contributed by atoms with Crippen LogP contribution in [0.1, 0.15) is 11.1 Å². The number of aromatic amines is 1. The summed E-state index contributed by atoms with van der Waals surface area (Å²) in [7, 11) is 1.84. The molecule has 0 spiro atoms. The number of nitrogens with zero attached hydrogens (tertiary/aromatic N) is 3. The van der Waals surface area contributed by atoms with Crippen molar-refractivity contribution in [3.8, 4) is 11.4 Å². The first kappa shape index (κ1) is 20.2. The number of benzene rings is 2. The molecule has 4 aromatic rings. The molecule has 0 amide bonds. The highest BCUT2D eigenvalue weighted by Crippen LogP contribution is 2.30. The molecule has 0 radical (unpaired) electrons. The largest absolute Gasteiger partial charge is 0.396 e. The number of ketones is 1. The molecule has 156 valence electrons. The number of aryl methyl sites for hydroxylation is 1. The lowest BCUT2D eigenvalue weighted by atomic mass is 9.99. The van der Waals surface area contributed by atoms with Gasteiger partial charge < -0.3 is 11.1 Å². The zero-order valence-corrected chi connectivity index (χ0v) is 17.3. The topological polar surface area (TPSA) is 102 Å². The molecule has 0 aliphatic rings. The molecule has 7 nitrogen and oxygen atoms in total. The first-order chi connectivity index (χ1) is 14.9. The standard InChI is InChI=1S/C24H24N6O/c1-15(25)24(31)21(13-17-9-5-4-6-10-17)26-16(2)19-14-30(3)29-23(19)22-18-11-7-8-12-20(18)27-28-22/h4-12,14,21,26H,1-2,13,25H2,3H3,(H,27,28). The monoisotopic (exact) mass is 412 g/mol. The summed E-state index contributed by atoms with van der Waals surface area (Å²) in [6, 6.07) is 17.0. The maximum absolute atomic E-state index is 12.7. The lowest BCUT2D eigenvalue weighted by Gasteiger charge is -2.20. The minimum Gasteiger partial charge on any atom is -0.396 e. The first-order valence-electron chi connectivity index (χ1n) is 9.89. The summed E-state index contributed by atoms with van der Waals surface area (Å²) in [6.45, 7) is 7.81. The molecule has 0 saturated carbocycles. The average molecular weight is 412 g/mol. The lowest BCUT2D eigenvalue weighted by molar-refractivity contribution is -0.117. The van der Waals surface area contributed by atoms with Crippen LogP contribution in [0.2, 0.25) is 0 Å². The van der Waals surface area contributed by atoms with Crippen molar-refractivity contribution in [2.45, 2.75) is 12.5 Å². The molecule has 4 rings (SSSR count). The van der Waals surface area contributed by atoms with E-state index in [1.165, 1.54) is 0 Å². The zero-order valence-electron chi connectivity index (χ0n) is 17.3. The number of aromatic nitrogens is 4.